The molecule has 6 nitrogen and oxygen atoms in total. The Morgan fingerprint density at radius 1 is 1.32 bits per heavy atom. The van der Waals surface area contributed by atoms with E-state index in [-0.39, 0.29) is 5.56 Å². The van der Waals surface area contributed by atoms with Crippen molar-refractivity contribution in [3.05, 3.63) is 27.6 Å². The molecule has 0 aromatic carbocycles. The highest BCUT2D eigenvalue weighted by atomic mass is 32.1. The van der Waals surface area contributed by atoms with Crippen LogP contribution < -0.4 is 5.56 Å². The van der Waals surface area contributed by atoms with Crippen molar-refractivity contribution < 1.29 is 0 Å². The van der Waals surface area contributed by atoms with Crippen molar-refractivity contribution in [2.24, 2.45) is 12.5 Å². The molecule has 3 aromatic rings. The van der Waals surface area contributed by atoms with E-state index in [4.69, 9.17) is 0 Å². The zero-order valence-corrected chi connectivity index (χ0v) is 16.1. The maximum atomic E-state index is 12.4. The number of nitrogens with zero attached hydrogens (tertiary/aromatic N) is 5. The molecule has 1 aliphatic rings. The fraction of sp³-hybridized carbons (Fsp3) is 0.611. The molecule has 1 aliphatic carbocycles. The predicted octanol–water partition coefficient (Wildman–Crippen LogP) is 3.04. The summed E-state index contributed by atoms with van der Waals surface area (Å²) in [5, 5.41) is 10.7. The minimum Gasteiger partial charge on any atom is -0.296 e. The van der Waals surface area contributed by atoms with Gasteiger partial charge in [0, 0.05) is 13.1 Å². The number of aromatic nitrogens is 4. The van der Waals surface area contributed by atoms with Crippen LogP contribution in [0.1, 0.15) is 45.4 Å². The molecule has 0 unspecified atom stereocenters. The van der Waals surface area contributed by atoms with Gasteiger partial charge in [-0.3, -0.25) is 18.7 Å². The number of fused-ring (bicyclic) bond motifs is 3. The molecule has 0 spiro atoms. The van der Waals surface area contributed by atoms with Gasteiger partial charge in [0.2, 0.25) is 5.78 Å². The van der Waals surface area contributed by atoms with Crippen LogP contribution in [0.3, 0.4) is 0 Å². The summed E-state index contributed by atoms with van der Waals surface area (Å²) in [6, 6.07) is 2.58. The van der Waals surface area contributed by atoms with E-state index in [1.807, 2.05) is 15.8 Å². The summed E-state index contributed by atoms with van der Waals surface area (Å²) in [6.45, 7) is 5.47. The fourth-order valence-corrected chi connectivity index (χ4v) is 4.78. The Hall–Kier alpha value is -1.73. The van der Waals surface area contributed by atoms with E-state index >= 15 is 0 Å². The first-order chi connectivity index (χ1) is 11.9. The topological polar surface area (TPSA) is 55.4 Å². The minimum atomic E-state index is -0.000633. The second-order valence-corrected chi connectivity index (χ2v) is 8.98. The van der Waals surface area contributed by atoms with Gasteiger partial charge >= 0.3 is 0 Å². The summed E-state index contributed by atoms with van der Waals surface area (Å²) in [5.41, 5.74) is 1.39. The van der Waals surface area contributed by atoms with Gasteiger partial charge in [0.05, 0.1) is 12.1 Å². The van der Waals surface area contributed by atoms with E-state index in [1.54, 1.807) is 11.6 Å². The van der Waals surface area contributed by atoms with Crippen LogP contribution in [0.5, 0.6) is 0 Å². The van der Waals surface area contributed by atoms with Crippen LogP contribution in [-0.2, 0) is 13.6 Å². The van der Waals surface area contributed by atoms with Crippen LogP contribution in [0.2, 0.25) is 0 Å². The standard InChI is InChI=1S/C18H25N5OS/c1-18(2)8-5-12(6-9-18)21(3)11-14-19-20-17-22(4)16(24)15-13(23(14)17)7-10-25-15/h7,10,12H,5-6,8-9,11H2,1-4H3. The Morgan fingerprint density at radius 3 is 2.76 bits per heavy atom. The third kappa shape index (κ3) is 2.79. The normalized spacial score (nSPS) is 18.6. The predicted molar refractivity (Wildman–Crippen MR) is 101 cm³/mol. The van der Waals surface area contributed by atoms with Crippen molar-refractivity contribution in [1.82, 2.24) is 24.1 Å². The first-order valence-electron chi connectivity index (χ1n) is 8.88. The summed E-state index contributed by atoms with van der Waals surface area (Å²) in [7, 11) is 3.94. The number of thiophene rings is 1. The van der Waals surface area contributed by atoms with Gasteiger partial charge in [0.15, 0.2) is 5.82 Å². The lowest BCUT2D eigenvalue weighted by Crippen LogP contribution is -2.37. The molecule has 0 saturated heterocycles. The van der Waals surface area contributed by atoms with Gasteiger partial charge in [0.25, 0.3) is 5.56 Å². The van der Waals surface area contributed by atoms with E-state index in [0.29, 0.717) is 17.2 Å². The van der Waals surface area contributed by atoms with E-state index in [0.717, 1.165) is 22.6 Å². The van der Waals surface area contributed by atoms with Crippen LogP contribution in [0.25, 0.3) is 16.0 Å². The van der Waals surface area contributed by atoms with Crippen LogP contribution in [-0.4, -0.2) is 37.2 Å². The molecule has 7 heteroatoms. The number of rotatable bonds is 3. The molecule has 0 N–H and O–H groups in total. The van der Waals surface area contributed by atoms with E-state index in [2.05, 4.69) is 36.0 Å². The SMILES string of the molecule is CN(Cc1nnc2n(C)c(=O)c3sccc3n12)C1CCC(C)(C)CC1. The van der Waals surface area contributed by atoms with Crippen molar-refractivity contribution >= 4 is 27.3 Å². The summed E-state index contributed by atoms with van der Waals surface area (Å²) in [5.74, 6) is 1.52. The average molecular weight is 359 g/mol. The van der Waals surface area contributed by atoms with E-state index < -0.39 is 0 Å². The van der Waals surface area contributed by atoms with Crippen LogP contribution in [0.4, 0.5) is 0 Å². The molecule has 3 aromatic heterocycles. The van der Waals surface area contributed by atoms with Crippen molar-refractivity contribution in [2.45, 2.75) is 52.1 Å². The Bertz CT molecular complexity index is 973. The smallest absolute Gasteiger partial charge is 0.272 e. The van der Waals surface area contributed by atoms with Crippen molar-refractivity contribution in [3.8, 4) is 0 Å². The fourth-order valence-electron chi connectivity index (χ4n) is 3.93. The van der Waals surface area contributed by atoms with Crippen LogP contribution in [0, 0.1) is 5.41 Å². The summed E-state index contributed by atoms with van der Waals surface area (Å²) in [6.07, 6.45) is 5.00. The first-order valence-corrected chi connectivity index (χ1v) is 9.76. The molecule has 1 fully saturated rings. The molecule has 0 bridgehead atoms. The Kier molecular flexibility index (Phi) is 3.96. The molecule has 25 heavy (non-hydrogen) atoms. The maximum absolute atomic E-state index is 12.4. The second kappa shape index (κ2) is 5.92. The third-order valence-electron chi connectivity index (χ3n) is 5.72. The molecule has 3 heterocycles. The van der Waals surface area contributed by atoms with Gasteiger partial charge in [-0.05, 0) is 49.6 Å². The summed E-state index contributed by atoms with van der Waals surface area (Å²) >= 11 is 1.48. The van der Waals surface area contributed by atoms with Gasteiger partial charge < -0.3 is 0 Å². The van der Waals surface area contributed by atoms with Gasteiger partial charge in [-0.2, -0.15) is 0 Å². The zero-order chi connectivity index (χ0) is 17.8. The summed E-state index contributed by atoms with van der Waals surface area (Å²) < 4.78 is 4.40. The highest BCUT2D eigenvalue weighted by molar-refractivity contribution is 7.17. The molecule has 1 saturated carbocycles. The molecule has 0 amide bonds. The Morgan fingerprint density at radius 2 is 2.04 bits per heavy atom. The van der Waals surface area contributed by atoms with Gasteiger partial charge in [0.1, 0.15) is 4.70 Å². The van der Waals surface area contributed by atoms with Crippen molar-refractivity contribution in [3.63, 3.8) is 0 Å². The lowest BCUT2D eigenvalue weighted by molar-refractivity contribution is 0.121. The molecule has 0 atom stereocenters. The third-order valence-corrected chi connectivity index (χ3v) is 6.61. The van der Waals surface area contributed by atoms with Crippen molar-refractivity contribution in [1.29, 1.82) is 0 Å². The largest absolute Gasteiger partial charge is 0.296 e. The van der Waals surface area contributed by atoms with Gasteiger partial charge in [-0.25, -0.2) is 0 Å². The Labute approximate surface area is 151 Å². The zero-order valence-electron chi connectivity index (χ0n) is 15.3. The molecule has 0 aliphatic heterocycles. The first kappa shape index (κ1) is 16.7. The number of hydrogen-bond donors (Lipinski definition) is 0. The summed E-state index contributed by atoms with van der Waals surface area (Å²) in [4.78, 5) is 14.8. The Balaban J connectivity index is 1.67. The maximum Gasteiger partial charge on any atom is 0.272 e. The number of hydrogen-bond acceptors (Lipinski definition) is 5. The van der Waals surface area contributed by atoms with E-state index in [1.165, 1.54) is 37.0 Å². The van der Waals surface area contributed by atoms with Crippen LogP contribution in [0.15, 0.2) is 16.2 Å². The highest BCUT2D eigenvalue weighted by Crippen LogP contribution is 2.36. The monoisotopic (exact) mass is 359 g/mol. The lowest BCUT2D eigenvalue weighted by atomic mass is 9.75. The lowest BCUT2D eigenvalue weighted by Gasteiger charge is -2.38. The molecular formula is C18H25N5OS. The minimum absolute atomic E-state index is 0.000633. The average Bonchev–Trinajstić information content (AvgIpc) is 3.19. The highest BCUT2D eigenvalue weighted by Gasteiger charge is 2.29. The molecular weight excluding hydrogens is 334 g/mol. The van der Waals surface area contributed by atoms with Crippen molar-refractivity contribution in [2.75, 3.05) is 7.05 Å². The molecule has 134 valence electrons. The van der Waals surface area contributed by atoms with E-state index in [9.17, 15) is 4.79 Å². The van der Waals surface area contributed by atoms with Gasteiger partial charge in [-0.15, -0.1) is 21.5 Å². The molecule has 0 radical (unpaired) electrons. The molecule has 4 rings (SSSR count). The quantitative estimate of drug-likeness (QED) is 0.721. The van der Waals surface area contributed by atoms with Gasteiger partial charge in [-0.1, -0.05) is 13.8 Å². The second-order valence-electron chi connectivity index (χ2n) is 8.06. The van der Waals surface area contributed by atoms with Crippen LogP contribution >= 0.6 is 11.3 Å². The number of aryl methyl sites for hydroxylation is 1.